The Bertz CT molecular complexity index is 443. The number of carbonyl (C=O) groups is 1. The zero-order valence-electron chi connectivity index (χ0n) is 10.7. The molecule has 1 saturated heterocycles. The minimum Gasteiger partial charge on any atom is -0.384 e. The SMILES string of the molecule is CC1CCN(C(=O)c2cc(N)nc(Cl)c2)C(C)C1. The number of amides is 1. The summed E-state index contributed by atoms with van der Waals surface area (Å²) in [4.78, 5) is 18.2. The van der Waals surface area contributed by atoms with E-state index in [1.807, 2.05) is 4.90 Å². The first-order valence-electron chi connectivity index (χ1n) is 6.21. The summed E-state index contributed by atoms with van der Waals surface area (Å²) in [6.07, 6.45) is 2.09. The number of aromatic nitrogens is 1. The summed E-state index contributed by atoms with van der Waals surface area (Å²) in [6.45, 7) is 5.10. The van der Waals surface area contributed by atoms with Crippen molar-refractivity contribution < 1.29 is 4.79 Å². The second-order valence-corrected chi connectivity index (χ2v) is 5.47. The lowest BCUT2D eigenvalue weighted by Crippen LogP contribution is -2.44. The fraction of sp³-hybridized carbons (Fsp3) is 0.538. The Labute approximate surface area is 112 Å². The van der Waals surface area contributed by atoms with E-state index in [4.69, 9.17) is 17.3 Å². The molecule has 2 N–H and O–H groups in total. The van der Waals surface area contributed by atoms with Crippen molar-refractivity contribution in [1.82, 2.24) is 9.88 Å². The molecule has 5 heteroatoms. The molecule has 0 radical (unpaired) electrons. The molecule has 18 heavy (non-hydrogen) atoms. The largest absolute Gasteiger partial charge is 0.384 e. The number of carbonyl (C=O) groups excluding carboxylic acids is 1. The molecule has 1 fully saturated rings. The van der Waals surface area contributed by atoms with Gasteiger partial charge in [-0.05, 0) is 37.8 Å². The van der Waals surface area contributed by atoms with Gasteiger partial charge >= 0.3 is 0 Å². The number of piperidine rings is 1. The third-order valence-corrected chi connectivity index (χ3v) is 3.65. The van der Waals surface area contributed by atoms with E-state index in [9.17, 15) is 4.79 Å². The number of likely N-dealkylation sites (tertiary alicyclic amines) is 1. The molecule has 1 aliphatic heterocycles. The Morgan fingerprint density at radius 3 is 2.83 bits per heavy atom. The normalized spacial score (nSPS) is 24.1. The zero-order valence-corrected chi connectivity index (χ0v) is 11.4. The summed E-state index contributed by atoms with van der Waals surface area (Å²) in [5.74, 6) is 0.949. The fourth-order valence-corrected chi connectivity index (χ4v) is 2.73. The lowest BCUT2D eigenvalue weighted by atomic mass is 9.93. The quantitative estimate of drug-likeness (QED) is 0.796. The molecule has 0 aliphatic carbocycles. The number of hydrogen-bond acceptors (Lipinski definition) is 3. The molecule has 1 amide bonds. The second-order valence-electron chi connectivity index (χ2n) is 5.08. The molecular formula is C13H18ClN3O. The van der Waals surface area contributed by atoms with E-state index in [0.29, 0.717) is 11.5 Å². The Morgan fingerprint density at radius 2 is 2.22 bits per heavy atom. The van der Waals surface area contributed by atoms with Gasteiger partial charge in [0.15, 0.2) is 0 Å². The Morgan fingerprint density at radius 1 is 1.50 bits per heavy atom. The average molecular weight is 268 g/mol. The molecule has 2 heterocycles. The molecular weight excluding hydrogens is 250 g/mol. The van der Waals surface area contributed by atoms with Gasteiger partial charge in [-0.1, -0.05) is 18.5 Å². The van der Waals surface area contributed by atoms with E-state index in [0.717, 1.165) is 19.4 Å². The van der Waals surface area contributed by atoms with Crippen LogP contribution in [0.5, 0.6) is 0 Å². The third kappa shape index (κ3) is 2.75. The fourth-order valence-electron chi connectivity index (χ4n) is 2.52. The van der Waals surface area contributed by atoms with Gasteiger partial charge in [-0.15, -0.1) is 0 Å². The smallest absolute Gasteiger partial charge is 0.254 e. The molecule has 1 aromatic heterocycles. The summed E-state index contributed by atoms with van der Waals surface area (Å²) in [6, 6.07) is 3.42. The summed E-state index contributed by atoms with van der Waals surface area (Å²) in [7, 11) is 0. The Kier molecular flexibility index (Phi) is 3.76. The van der Waals surface area contributed by atoms with Crippen molar-refractivity contribution in [3.8, 4) is 0 Å². The molecule has 0 aromatic carbocycles. The van der Waals surface area contributed by atoms with Crippen LogP contribution in [-0.4, -0.2) is 28.4 Å². The number of pyridine rings is 1. The highest BCUT2D eigenvalue weighted by molar-refractivity contribution is 6.29. The number of rotatable bonds is 1. The van der Waals surface area contributed by atoms with Crippen molar-refractivity contribution in [3.63, 3.8) is 0 Å². The van der Waals surface area contributed by atoms with E-state index in [2.05, 4.69) is 18.8 Å². The van der Waals surface area contributed by atoms with Gasteiger partial charge in [0.05, 0.1) is 0 Å². The number of nitrogens with zero attached hydrogens (tertiary/aromatic N) is 2. The predicted octanol–water partition coefficient (Wildman–Crippen LogP) is 2.58. The van der Waals surface area contributed by atoms with Gasteiger partial charge in [-0.3, -0.25) is 4.79 Å². The summed E-state index contributed by atoms with van der Waals surface area (Å²) < 4.78 is 0. The maximum atomic E-state index is 12.4. The van der Waals surface area contributed by atoms with Crippen LogP contribution in [0.3, 0.4) is 0 Å². The van der Waals surface area contributed by atoms with E-state index in [1.54, 1.807) is 12.1 Å². The topological polar surface area (TPSA) is 59.2 Å². The third-order valence-electron chi connectivity index (χ3n) is 3.46. The van der Waals surface area contributed by atoms with Crippen molar-refractivity contribution in [2.24, 2.45) is 5.92 Å². The molecule has 2 unspecified atom stereocenters. The minimum absolute atomic E-state index is 0.00889. The van der Waals surface area contributed by atoms with E-state index >= 15 is 0 Å². The lowest BCUT2D eigenvalue weighted by molar-refractivity contribution is 0.0588. The van der Waals surface area contributed by atoms with Crippen LogP contribution in [0.1, 0.15) is 37.0 Å². The first-order valence-corrected chi connectivity index (χ1v) is 6.59. The van der Waals surface area contributed by atoms with E-state index in [-0.39, 0.29) is 22.9 Å². The first kappa shape index (κ1) is 13.1. The molecule has 4 nitrogen and oxygen atoms in total. The van der Waals surface area contributed by atoms with Gasteiger partial charge in [-0.2, -0.15) is 0 Å². The number of nitrogens with two attached hydrogens (primary N) is 1. The highest BCUT2D eigenvalue weighted by atomic mass is 35.5. The van der Waals surface area contributed by atoms with Crippen LogP contribution >= 0.6 is 11.6 Å². The van der Waals surface area contributed by atoms with Gasteiger partial charge < -0.3 is 10.6 Å². The number of halogens is 1. The molecule has 1 aromatic rings. The summed E-state index contributed by atoms with van der Waals surface area (Å²) in [5.41, 5.74) is 6.14. The molecule has 0 spiro atoms. The van der Waals surface area contributed by atoms with Crippen molar-refractivity contribution >= 4 is 23.3 Å². The van der Waals surface area contributed by atoms with Gasteiger partial charge in [0.1, 0.15) is 11.0 Å². The molecule has 0 bridgehead atoms. The van der Waals surface area contributed by atoms with Gasteiger partial charge in [0, 0.05) is 18.2 Å². The number of hydrogen-bond donors (Lipinski definition) is 1. The standard InChI is InChI=1S/C13H18ClN3O/c1-8-3-4-17(9(2)5-8)13(18)10-6-11(14)16-12(15)7-10/h6-9H,3-5H2,1-2H3,(H2,15,16). The Balaban J connectivity index is 2.20. The van der Waals surface area contributed by atoms with Crippen LogP contribution in [0.4, 0.5) is 5.82 Å². The highest BCUT2D eigenvalue weighted by Gasteiger charge is 2.27. The molecule has 2 atom stereocenters. The molecule has 1 aliphatic rings. The van der Waals surface area contributed by atoms with Crippen LogP contribution in [0.25, 0.3) is 0 Å². The van der Waals surface area contributed by atoms with Crippen LogP contribution in [0.2, 0.25) is 5.15 Å². The zero-order chi connectivity index (χ0) is 13.3. The van der Waals surface area contributed by atoms with Gasteiger partial charge in [-0.25, -0.2) is 4.98 Å². The van der Waals surface area contributed by atoms with Crippen molar-refractivity contribution in [2.75, 3.05) is 12.3 Å². The average Bonchev–Trinajstić information content (AvgIpc) is 2.26. The summed E-state index contributed by atoms with van der Waals surface area (Å²) in [5, 5.41) is 0.261. The van der Waals surface area contributed by atoms with Crippen molar-refractivity contribution in [1.29, 1.82) is 0 Å². The first-order chi connectivity index (χ1) is 8.47. The molecule has 0 saturated carbocycles. The maximum absolute atomic E-state index is 12.4. The summed E-state index contributed by atoms with van der Waals surface area (Å²) >= 11 is 5.83. The van der Waals surface area contributed by atoms with Crippen LogP contribution < -0.4 is 5.73 Å². The second kappa shape index (κ2) is 5.14. The molecule has 98 valence electrons. The van der Waals surface area contributed by atoms with E-state index in [1.165, 1.54) is 0 Å². The van der Waals surface area contributed by atoms with Crippen LogP contribution in [-0.2, 0) is 0 Å². The Hall–Kier alpha value is -1.29. The molecule has 2 rings (SSSR count). The lowest BCUT2D eigenvalue weighted by Gasteiger charge is -2.36. The van der Waals surface area contributed by atoms with Crippen molar-refractivity contribution in [2.45, 2.75) is 32.7 Å². The monoisotopic (exact) mass is 267 g/mol. The van der Waals surface area contributed by atoms with Crippen LogP contribution in [0.15, 0.2) is 12.1 Å². The van der Waals surface area contributed by atoms with Crippen LogP contribution in [0, 0.1) is 5.92 Å². The minimum atomic E-state index is -0.00889. The number of nitrogen functional groups attached to an aromatic ring is 1. The highest BCUT2D eigenvalue weighted by Crippen LogP contribution is 2.24. The maximum Gasteiger partial charge on any atom is 0.254 e. The van der Waals surface area contributed by atoms with Crippen molar-refractivity contribution in [3.05, 3.63) is 22.8 Å². The van der Waals surface area contributed by atoms with Gasteiger partial charge in [0.2, 0.25) is 0 Å². The predicted molar refractivity (Wildman–Crippen MR) is 72.6 cm³/mol. The number of anilines is 1. The van der Waals surface area contributed by atoms with E-state index < -0.39 is 0 Å². The van der Waals surface area contributed by atoms with Gasteiger partial charge in [0.25, 0.3) is 5.91 Å².